The molecule has 0 aliphatic rings. The first-order chi connectivity index (χ1) is 12.2. The molecule has 0 atom stereocenters. The lowest BCUT2D eigenvalue weighted by atomic mass is 10.2. The fourth-order valence-corrected chi connectivity index (χ4v) is 4.22. The Morgan fingerprint density at radius 3 is 2.68 bits per heavy atom. The highest BCUT2D eigenvalue weighted by atomic mass is 35.5. The van der Waals surface area contributed by atoms with E-state index in [1.165, 1.54) is 4.90 Å². The second-order valence-electron chi connectivity index (χ2n) is 5.24. The van der Waals surface area contributed by atoms with E-state index in [1.54, 1.807) is 35.6 Å². The maximum Gasteiger partial charge on any atom is 0.151 e. The van der Waals surface area contributed by atoms with Crippen molar-refractivity contribution in [2.75, 3.05) is 11.6 Å². The van der Waals surface area contributed by atoms with Crippen LogP contribution in [0.4, 0.5) is 11.5 Å². The highest BCUT2D eigenvalue weighted by Crippen LogP contribution is 2.38. The molecule has 0 aliphatic heterocycles. The smallest absolute Gasteiger partial charge is 0.151 e. The first-order valence-electron chi connectivity index (χ1n) is 7.51. The molecule has 3 heterocycles. The molecule has 0 spiro atoms. The fraction of sp³-hybridized carbons (Fsp3) is 0.0556. The first-order valence-corrected chi connectivity index (χ1v) is 9.93. The molecule has 0 radical (unpaired) electrons. The van der Waals surface area contributed by atoms with E-state index in [9.17, 15) is 0 Å². The van der Waals surface area contributed by atoms with Gasteiger partial charge < -0.3 is 5.32 Å². The van der Waals surface area contributed by atoms with Gasteiger partial charge in [0.2, 0.25) is 0 Å². The summed E-state index contributed by atoms with van der Waals surface area (Å²) in [6.45, 7) is 0. The Hall–Kier alpha value is -2.15. The Kier molecular flexibility index (Phi) is 4.57. The number of nitrogens with one attached hydrogen (secondary N) is 1. The van der Waals surface area contributed by atoms with E-state index < -0.39 is 0 Å². The van der Waals surface area contributed by atoms with Crippen LogP contribution in [0.1, 0.15) is 0 Å². The molecule has 0 amide bonds. The van der Waals surface area contributed by atoms with E-state index in [0.717, 1.165) is 32.2 Å². The quantitative estimate of drug-likeness (QED) is 0.352. The Bertz CT molecular complexity index is 1030. The third kappa shape index (κ3) is 3.33. The molecule has 4 nitrogen and oxygen atoms in total. The minimum atomic E-state index is 0.490. The molecule has 0 bridgehead atoms. The summed E-state index contributed by atoms with van der Waals surface area (Å²) >= 11 is 9.55. The van der Waals surface area contributed by atoms with E-state index in [4.69, 9.17) is 11.6 Å². The summed E-state index contributed by atoms with van der Waals surface area (Å²) in [6.07, 6.45) is 5.32. The lowest BCUT2D eigenvalue weighted by Gasteiger charge is -2.06. The van der Waals surface area contributed by atoms with Gasteiger partial charge in [0.1, 0.15) is 11.5 Å². The summed E-state index contributed by atoms with van der Waals surface area (Å²) in [5.41, 5.74) is 2.78. The second kappa shape index (κ2) is 7.00. The topological polar surface area (TPSA) is 50.7 Å². The van der Waals surface area contributed by atoms with Crippen molar-refractivity contribution in [3.8, 4) is 10.4 Å². The summed E-state index contributed by atoms with van der Waals surface area (Å²) in [5.74, 6) is 0.790. The lowest BCUT2D eigenvalue weighted by Crippen LogP contribution is -1.94. The average molecular weight is 385 g/mol. The maximum atomic E-state index is 6.23. The standard InChI is InChI=1S/C18H13ClN4S2/c1-24-12-6-4-11(5-7-12)23-18-16-14(21-10-22-18)9-15(25-16)13-3-2-8-20-17(13)19/h2-10H,1H3,(H,21,22,23). The van der Waals surface area contributed by atoms with Crippen molar-refractivity contribution >= 4 is 56.4 Å². The van der Waals surface area contributed by atoms with Crippen LogP contribution in [0.5, 0.6) is 0 Å². The van der Waals surface area contributed by atoms with Gasteiger partial charge >= 0.3 is 0 Å². The number of pyridine rings is 1. The molecule has 25 heavy (non-hydrogen) atoms. The van der Waals surface area contributed by atoms with Gasteiger partial charge in [0, 0.05) is 27.2 Å². The molecule has 1 aromatic carbocycles. The number of benzene rings is 1. The monoisotopic (exact) mass is 384 g/mol. The van der Waals surface area contributed by atoms with Gasteiger partial charge in [0.15, 0.2) is 5.82 Å². The Balaban J connectivity index is 1.73. The number of rotatable bonds is 4. The van der Waals surface area contributed by atoms with Crippen molar-refractivity contribution in [1.82, 2.24) is 15.0 Å². The molecule has 0 fully saturated rings. The number of anilines is 2. The van der Waals surface area contributed by atoms with Gasteiger partial charge in [0.05, 0.1) is 10.2 Å². The van der Waals surface area contributed by atoms with Gasteiger partial charge in [-0.3, -0.25) is 0 Å². The molecular weight excluding hydrogens is 372 g/mol. The van der Waals surface area contributed by atoms with E-state index in [-0.39, 0.29) is 0 Å². The number of thioether (sulfide) groups is 1. The van der Waals surface area contributed by atoms with Gasteiger partial charge in [0.25, 0.3) is 0 Å². The largest absolute Gasteiger partial charge is 0.339 e. The van der Waals surface area contributed by atoms with Crippen LogP contribution < -0.4 is 5.32 Å². The Morgan fingerprint density at radius 1 is 1.08 bits per heavy atom. The third-order valence-corrected chi connectivity index (χ3v) is 5.90. The maximum absolute atomic E-state index is 6.23. The summed E-state index contributed by atoms with van der Waals surface area (Å²) in [4.78, 5) is 15.2. The van der Waals surface area contributed by atoms with Gasteiger partial charge in [-0.1, -0.05) is 11.6 Å². The number of nitrogens with zero attached hydrogens (tertiary/aromatic N) is 3. The van der Waals surface area contributed by atoms with Crippen LogP contribution in [-0.4, -0.2) is 21.2 Å². The van der Waals surface area contributed by atoms with Crippen LogP contribution in [-0.2, 0) is 0 Å². The molecule has 3 aromatic heterocycles. The summed E-state index contributed by atoms with van der Waals surface area (Å²) in [7, 11) is 0. The van der Waals surface area contributed by atoms with E-state index in [2.05, 4.69) is 38.7 Å². The second-order valence-corrected chi connectivity index (χ2v) is 7.53. The molecule has 124 valence electrons. The van der Waals surface area contributed by atoms with Crippen LogP contribution in [0.3, 0.4) is 0 Å². The van der Waals surface area contributed by atoms with Crippen LogP contribution in [0.2, 0.25) is 5.15 Å². The molecule has 4 aromatic rings. The highest BCUT2D eigenvalue weighted by molar-refractivity contribution is 7.98. The molecule has 4 rings (SSSR count). The van der Waals surface area contributed by atoms with Crippen molar-refractivity contribution in [3.63, 3.8) is 0 Å². The number of thiophene rings is 1. The third-order valence-electron chi connectivity index (χ3n) is 3.69. The Labute approximate surface area is 158 Å². The fourth-order valence-electron chi connectivity index (χ4n) is 2.46. The number of hydrogen-bond acceptors (Lipinski definition) is 6. The zero-order chi connectivity index (χ0) is 17.2. The van der Waals surface area contributed by atoms with Crippen molar-refractivity contribution in [1.29, 1.82) is 0 Å². The molecule has 1 N–H and O–H groups in total. The van der Waals surface area contributed by atoms with Crippen molar-refractivity contribution < 1.29 is 0 Å². The zero-order valence-corrected chi connectivity index (χ0v) is 15.6. The highest BCUT2D eigenvalue weighted by Gasteiger charge is 2.12. The van der Waals surface area contributed by atoms with Crippen molar-refractivity contribution in [3.05, 3.63) is 60.1 Å². The molecule has 0 aliphatic carbocycles. The van der Waals surface area contributed by atoms with Crippen LogP contribution in [0.25, 0.3) is 20.7 Å². The molecule has 7 heteroatoms. The summed E-state index contributed by atoms with van der Waals surface area (Å²) in [5, 5.41) is 3.87. The van der Waals surface area contributed by atoms with Gasteiger partial charge in [-0.25, -0.2) is 15.0 Å². The minimum absolute atomic E-state index is 0.490. The Morgan fingerprint density at radius 2 is 1.92 bits per heavy atom. The van der Waals surface area contributed by atoms with Crippen LogP contribution >= 0.6 is 34.7 Å². The van der Waals surface area contributed by atoms with Crippen molar-refractivity contribution in [2.24, 2.45) is 0 Å². The van der Waals surface area contributed by atoms with Gasteiger partial charge in [-0.05, 0) is 48.7 Å². The molecular formula is C18H13ClN4S2. The van der Waals surface area contributed by atoms with E-state index in [1.807, 2.05) is 30.3 Å². The van der Waals surface area contributed by atoms with Crippen LogP contribution in [0.15, 0.2) is 59.9 Å². The number of halogens is 1. The van der Waals surface area contributed by atoms with E-state index in [0.29, 0.717) is 5.15 Å². The van der Waals surface area contributed by atoms with Crippen molar-refractivity contribution in [2.45, 2.75) is 4.90 Å². The average Bonchev–Trinajstić information content (AvgIpc) is 3.08. The number of aromatic nitrogens is 3. The summed E-state index contributed by atoms with van der Waals surface area (Å²) in [6, 6.07) is 14.1. The molecule has 0 unspecified atom stereocenters. The molecule has 0 saturated heterocycles. The molecule has 0 saturated carbocycles. The van der Waals surface area contributed by atoms with Gasteiger partial charge in [-0.2, -0.15) is 0 Å². The lowest BCUT2D eigenvalue weighted by molar-refractivity contribution is 1.22. The predicted octanol–water partition coefficient (Wildman–Crippen LogP) is 5.87. The van der Waals surface area contributed by atoms with E-state index >= 15 is 0 Å². The number of fused-ring (bicyclic) bond motifs is 1. The normalized spacial score (nSPS) is 11.0. The first kappa shape index (κ1) is 16.3. The van der Waals surface area contributed by atoms with Crippen LogP contribution in [0, 0.1) is 0 Å². The number of hydrogen-bond donors (Lipinski definition) is 1. The summed E-state index contributed by atoms with van der Waals surface area (Å²) < 4.78 is 0.992. The zero-order valence-electron chi connectivity index (χ0n) is 13.2. The predicted molar refractivity (Wildman–Crippen MR) is 107 cm³/mol. The minimum Gasteiger partial charge on any atom is -0.339 e. The SMILES string of the molecule is CSc1ccc(Nc2ncnc3cc(-c4cccnc4Cl)sc23)cc1. The van der Waals surface area contributed by atoms with Gasteiger partial charge in [-0.15, -0.1) is 23.1 Å².